The number of cyclic esters (lactones) is 1. The van der Waals surface area contributed by atoms with Gasteiger partial charge >= 0.3 is 12.2 Å². The van der Waals surface area contributed by atoms with Gasteiger partial charge in [-0.3, -0.25) is 9.69 Å². The molecule has 3 amide bonds. The number of benzene rings is 1. The van der Waals surface area contributed by atoms with Gasteiger partial charge in [0.05, 0.1) is 18.2 Å². The third-order valence-corrected chi connectivity index (χ3v) is 8.91. The molecule has 2 heterocycles. The average molecular weight is 571 g/mol. The van der Waals surface area contributed by atoms with Gasteiger partial charge < -0.3 is 14.2 Å². The molecule has 0 N–H and O–H groups in total. The van der Waals surface area contributed by atoms with E-state index in [0.29, 0.717) is 12.3 Å². The summed E-state index contributed by atoms with van der Waals surface area (Å²) in [6.07, 6.45) is 5.26. The zero-order valence-corrected chi connectivity index (χ0v) is 26.2. The predicted molar refractivity (Wildman–Crippen MR) is 157 cm³/mol. The Balaban J connectivity index is 1.59. The second-order valence-corrected chi connectivity index (χ2v) is 14.0. The smallest absolute Gasteiger partial charge is 0.417 e. The summed E-state index contributed by atoms with van der Waals surface area (Å²) in [5.74, 6) is -0.278. The summed E-state index contributed by atoms with van der Waals surface area (Å²) < 4.78 is 18.2. The van der Waals surface area contributed by atoms with Gasteiger partial charge in [-0.15, -0.1) is 0 Å². The SMILES string of the molecule is CC(C)[C@@H](CC1OC(C)(C)N(C(=O)OC(C)(C)C)[C@H]1CC1CCCCC1)C(=O)N1C(=O)OC(c2ccccc2)C1C. The lowest BCUT2D eigenvalue weighted by Gasteiger charge is -2.37. The van der Waals surface area contributed by atoms with Crippen LogP contribution in [0, 0.1) is 17.8 Å². The average Bonchev–Trinajstić information content (AvgIpc) is 3.32. The Hall–Kier alpha value is -2.61. The third kappa shape index (κ3) is 7.07. The first-order valence-corrected chi connectivity index (χ1v) is 15.5. The molecule has 1 aromatic rings. The first-order valence-electron chi connectivity index (χ1n) is 15.5. The molecule has 41 heavy (non-hydrogen) atoms. The Morgan fingerprint density at radius 3 is 2.29 bits per heavy atom. The van der Waals surface area contributed by atoms with E-state index >= 15 is 0 Å². The van der Waals surface area contributed by atoms with Crippen LogP contribution in [-0.4, -0.2) is 57.4 Å². The molecule has 228 valence electrons. The van der Waals surface area contributed by atoms with E-state index in [4.69, 9.17) is 14.2 Å². The predicted octanol–water partition coefficient (Wildman–Crippen LogP) is 7.47. The molecule has 5 atom stereocenters. The molecule has 4 rings (SSSR count). The minimum absolute atomic E-state index is 0.0455. The zero-order chi connectivity index (χ0) is 30.1. The van der Waals surface area contributed by atoms with Crippen LogP contribution >= 0.6 is 0 Å². The quantitative estimate of drug-likeness (QED) is 0.338. The first-order chi connectivity index (χ1) is 19.2. The van der Waals surface area contributed by atoms with E-state index in [1.165, 1.54) is 24.2 Å². The molecule has 1 aromatic carbocycles. The van der Waals surface area contributed by atoms with E-state index in [-0.39, 0.29) is 30.1 Å². The molecule has 3 aliphatic rings. The van der Waals surface area contributed by atoms with Crippen LogP contribution in [-0.2, 0) is 19.0 Å². The van der Waals surface area contributed by atoms with Crippen molar-refractivity contribution in [2.24, 2.45) is 17.8 Å². The Bertz CT molecular complexity index is 1070. The molecule has 8 nitrogen and oxygen atoms in total. The lowest BCUT2D eigenvalue weighted by molar-refractivity contribution is -0.137. The van der Waals surface area contributed by atoms with Crippen LogP contribution in [0.2, 0.25) is 0 Å². The number of carbonyl (C=O) groups is 3. The Morgan fingerprint density at radius 2 is 1.71 bits per heavy atom. The van der Waals surface area contributed by atoms with Crippen LogP contribution in [0.4, 0.5) is 9.59 Å². The normalized spacial score (nSPS) is 27.7. The van der Waals surface area contributed by atoms with E-state index in [9.17, 15) is 14.4 Å². The summed E-state index contributed by atoms with van der Waals surface area (Å²) in [4.78, 5) is 43.8. The summed E-state index contributed by atoms with van der Waals surface area (Å²) in [6.45, 7) is 15.3. The van der Waals surface area contributed by atoms with E-state index < -0.39 is 35.5 Å². The summed E-state index contributed by atoms with van der Waals surface area (Å²) in [5.41, 5.74) is -0.667. The van der Waals surface area contributed by atoms with Gasteiger partial charge in [0, 0.05) is 5.92 Å². The van der Waals surface area contributed by atoms with Crippen molar-refractivity contribution in [3.63, 3.8) is 0 Å². The van der Waals surface area contributed by atoms with Crippen molar-refractivity contribution < 1.29 is 28.6 Å². The van der Waals surface area contributed by atoms with E-state index in [1.54, 1.807) is 4.90 Å². The number of hydrogen-bond acceptors (Lipinski definition) is 6. The van der Waals surface area contributed by atoms with Crippen molar-refractivity contribution in [2.45, 2.75) is 136 Å². The Morgan fingerprint density at radius 1 is 1.07 bits per heavy atom. The van der Waals surface area contributed by atoms with E-state index in [1.807, 2.05) is 85.7 Å². The van der Waals surface area contributed by atoms with Crippen molar-refractivity contribution in [3.05, 3.63) is 35.9 Å². The van der Waals surface area contributed by atoms with E-state index in [0.717, 1.165) is 24.8 Å². The largest absolute Gasteiger partial charge is 0.444 e. The monoisotopic (exact) mass is 570 g/mol. The fourth-order valence-electron chi connectivity index (χ4n) is 6.90. The number of imide groups is 1. The highest BCUT2D eigenvalue weighted by molar-refractivity contribution is 5.95. The topological polar surface area (TPSA) is 85.4 Å². The third-order valence-electron chi connectivity index (χ3n) is 8.91. The minimum Gasteiger partial charge on any atom is -0.444 e. The van der Waals surface area contributed by atoms with Gasteiger partial charge in [0.2, 0.25) is 5.91 Å². The van der Waals surface area contributed by atoms with Crippen LogP contribution < -0.4 is 0 Å². The number of ether oxygens (including phenoxy) is 3. The summed E-state index contributed by atoms with van der Waals surface area (Å²) in [5, 5.41) is 0. The Kier molecular flexibility index (Phi) is 9.42. The number of hydrogen-bond donors (Lipinski definition) is 0. The molecular formula is C33H50N2O6. The van der Waals surface area contributed by atoms with Gasteiger partial charge in [-0.05, 0) is 71.8 Å². The molecule has 0 bridgehead atoms. The number of nitrogens with zero attached hydrogens (tertiary/aromatic N) is 2. The number of carbonyl (C=O) groups excluding carboxylic acids is 3. The Labute approximate surface area is 246 Å². The molecule has 0 radical (unpaired) electrons. The first kappa shape index (κ1) is 31.3. The van der Waals surface area contributed by atoms with Gasteiger partial charge in [0.1, 0.15) is 17.4 Å². The molecule has 0 aromatic heterocycles. The highest BCUT2D eigenvalue weighted by Gasteiger charge is 2.53. The fraction of sp³-hybridized carbons (Fsp3) is 0.727. The second kappa shape index (κ2) is 12.3. The van der Waals surface area contributed by atoms with Gasteiger partial charge in [0.15, 0.2) is 0 Å². The summed E-state index contributed by atoms with van der Waals surface area (Å²) >= 11 is 0. The molecule has 0 spiro atoms. The van der Waals surface area contributed by atoms with E-state index in [2.05, 4.69) is 0 Å². The maximum Gasteiger partial charge on any atom is 0.417 e. The lowest BCUT2D eigenvalue weighted by Crippen LogP contribution is -2.51. The van der Waals surface area contributed by atoms with Crippen molar-refractivity contribution in [1.29, 1.82) is 0 Å². The second-order valence-electron chi connectivity index (χ2n) is 14.0. The maximum absolute atomic E-state index is 14.1. The molecule has 2 saturated heterocycles. The van der Waals surface area contributed by atoms with Gasteiger partial charge in [-0.2, -0.15) is 0 Å². The highest BCUT2D eigenvalue weighted by atomic mass is 16.6. The van der Waals surface area contributed by atoms with Crippen molar-refractivity contribution in [1.82, 2.24) is 9.80 Å². The van der Waals surface area contributed by atoms with Crippen LogP contribution in [0.25, 0.3) is 0 Å². The molecule has 3 unspecified atom stereocenters. The summed E-state index contributed by atoms with van der Waals surface area (Å²) in [7, 11) is 0. The number of amides is 3. The number of rotatable bonds is 7. The van der Waals surface area contributed by atoms with Gasteiger partial charge in [0.25, 0.3) is 0 Å². The lowest BCUT2D eigenvalue weighted by atomic mass is 9.80. The van der Waals surface area contributed by atoms with Crippen LogP contribution in [0.15, 0.2) is 30.3 Å². The van der Waals surface area contributed by atoms with Gasteiger partial charge in [-0.25, -0.2) is 14.5 Å². The molecule has 2 aliphatic heterocycles. The molecule has 1 saturated carbocycles. The van der Waals surface area contributed by atoms with Crippen molar-refractivity contribution >= 4 is 18.1 Å². The standard InChI is InChI=1S/C33H50N2O6/c1-21(2)25(29(36)34-22(3)28(39-30(34)37)24-17-13-10-14-18-24)20-27-26(19-23-15-11-9-12-16-23)35(33(7,8)40-27)31(38)41-32(4,5)6/h10,13-14,17-18,21-23,25-28H,9,11-12,15-16,19-20H2,1-8H3/t22?,25-,26+,27?,28?/m1/s1. The fourth-order valence-corrected chi connectivity index (χ4v) is 6.90. The minimum atomic E-state index is -0.894. The van der Waals surface area contributed by atoms with Gasteiger partial charge in [-0.1, -0.05) is 76.3 Å². The highest BCUT2D eigenvalue weighted by Crippen LogP contribution is 2.43. The molecule has 8 heteroatoms. The molecule has 1 aliphatic carbocycles. The van der Waals surface area contributed by atoms with Crippen LogP contribution in [0.1, 0.15) is 112 Å². The van der Waals surface area contributed by atoms with Crippen LogP contribution in [0.3, 0.4) is 0 Å². The zero-order valence-electron chi connectivity index (χ0n) is 26.2. The maximum atomic E-state index is 14.1. The summed E-state index contributed by atoms with van der Waals surface area (Å²) in [6, 6.07) is 8.89. The molecular weight excluding hydrogens is 520 g/mol. The van der Waals surface area contributed by atoms with Crippen LogP contribution in [0.5, 0.6) is 0 Å². The van der Waals surface area contributed by atoms with Crippen molar-refractivity contribution in [3.8, 4) is 0 Å². The van der Waals surface area contributed by atoms with Crippen molar-refractivity contribution in [2.75, 3.05) is 0 Å². The molecule has 3 fully saturated rings.